The van der Waals surface area contributed by atoms with Gasteiger partial charge in [-0.1, -0.05) is 51.1 Å². The molecule has 1 radical (unpaired) electrons. The van der Waals surface area contributed by atoms with Gasteiger partial charge in [-0.25, -0.2) is 0 Å². The van der Waals surface area contributed by atoms with E-state index in [0.717, 1.165) is 0 Å². The van der Waals surface area contributed by atoms with Crippen LogP contribution in [-0.2, 0) is 0 Å². The van der Waals surface area contributed by atoms with E-state index in [1.807, 2.05) is 18.2 Å². The first-order valence-electron chi connectivity index (χ1n) is 4.10. The second-order valence-electron chi connectivity index (χ2n) is 3.93. The summed E-state index contributed by atoms with van der Waals surface area (Å²) in [6.07, 6.45) is 0. The molecule has 65 valence electrons. The van der Waals surface area contributed by atoms with Crippen molar-refractivity contribution in [3.8, 4) is 0 Å². The molecule has 0 heterocycles. The summed E-state index contributed by atoms with van der Waals surface area (Å²) in [6, 6.07) is 10.4. The van der Waals surface area contributed by atoms with Crippen LogP contribution >= 0.6 is 11.1 Å². The van der Waals surface area contributed by atoms with Crippen LogP contribution in [-0.4, -0.2) is 8.11 Å². The maximum absolute atomic E-state index is 6.38. The van der Waals surface area contributed by atoms with E-state index in [1.165, 1.54) is 5.19 Å². The molecule has 0 saturated carbocycles. The van der Waals surface area contributed by atoms with Crippen molar-refractivity contribution in [3.05, 3.63) is 30.3 Å². The molecule has 0 bridgehead atoms. The van der Waals surface area contributed by atoms with Crippen LogP contribution in [0.3, 0.4) is 0 Å². The third-order valence-corrected chi connectivity index (χ3v) is 6.20. The van der Waals surface area contributed by atoms with Gasteiger partial charge in [0.2, 0.25) is 8.11 Å². The molecule has 0 spiro atoms. The van der Waals surface area contributed by atoms with E-state index in [-0.39, 0.29) is 5.04 Å². The normalized spacial score (nSPS) is 12.1. The van der Waals surface area contributed by atoms with Gasteiger partial charge in [-0.15, -0.1) is 0 Å². The molecule has 1 aromatic carbocycles. The van der Waals surface area contributed by atoms with E-state index >= 15 is 0 Å². The van der Waals surface area contributed by atoms with Crippen molar-refractivity contribution in [3.63, 3.8) is 0 Å². The second kappa shape index (κ2) is 3.63. The highest BCUT2D eigenvalue weighted by Gasteiger charge is 2.26. The van der Waals surface area contributed by atoms with Crippen LogP contribution in [0.1, 0.15) is 20.8 Å². The van der Waals surface area contributed by atoms with Gasteiger partial charge in [-0.05, 0) is 10.2 Å². The Morgan fingerprint density at radius 3 is 2.00 bits per heavy atom. The Morgan fingerprint density at radius 1 is 1.08 bits per heavy atom. The highest BCUT2D eigenvalue weighted by atomic mass is 35.6. The summed E-state index contributed by atoms with van der Waals surface area (Å²) in [5, 5.41) is 1.53. The first-order valence-corrected chi connectivity index (χ1v) is 6.61. The van der Waals surface area contributed by atoms with Crippen LogP contribution in [0, 0.1) is 0 Å². The van der Waals surface area contributed by atoms with Gasteiger partial charge in [0, 0.05) is 0 Å². The Bertz CT molecular complexity index is 238. The van der Waals surface area contributed by atoms with Crippen molar-refractivity contribution in [2.24, 2.45) is 0 Å². The summed E-state index contributed by atoms with van der Waals surface area (Å²) >= 11 is 6.38. The standard InChI is InChI=1S/C10H14ClSi/c1-10(2,3)12(11)9-7-5-4-6-8-9/h4-8H,1-3H3. The number of hydrogen-bond acceptors (Lipinski definition) is 0. The van der Waals surface area contributed by atoms with Crippen molar-refractivity contribution >= 4 is 24.4 Å². The number of benzene rings is 1. The molecule has 0 unspecified atom stereocenters. The molecule has 0 aromatic heterocycles. The first-order chi connectivity index (χ1) is 5.52. The zero-order valence-electron chi connectivity index (χ0n) is 7.76. The van der Waals surface area contributed by atoms with Gasteiger partial charge in [0.1, 0.15) is 0 Å². The summed E-state index contributed by atoms with van der Waals surface area (Å²) in [5.41, 5.74) is 0. The SMILES string of the molecule is CC(C)(C)[Si](Cl)c1ccccc1. The smallest absolute Gasteiger partial charge is 0.162 e. The summed E-state index contributed by atoms with van der Waals surface area (Å²) < 4.78 is 0. The van der Waals surface area contributed by atoms with Crippen molar-refractivity contribution in [2.45, 2.75) is 25.8 Å². The maximum atomic E-state index is 6.38. The van der Waals surface area contributed by atoms with Crippen molar-refractivity contribution in [2.75, 3.05) is 0 Å². The molecular weight excluding hydrogens is 184 g/mol. The first kappa shape index (κ1) is 9.81. The van der Waals surface area contributed by atoms with Crippen LogP contribution in [0.15, 0.2) is 30.3 Å². The minimum atomic E-state index is -0.911. The molecule has 0 nitrogen and oxygen atoms in total. The van der Waals surface area contributed by atoms with Crippen LogP contribution < -0.4 is 5.19 Å². The molecule has 0 aliphatic heterocycles. The van der Waals surface area contributed by atoms with E-state index in [9.17, 15) is 0 Å². The van der Waals surface area contributed by atoms with Crippen molar-refractivity contribution < 1.29 is 0 Å². The van der Waals surface area contributed by atoms with Gasteiger partial charge in [0.05, 0.1) is 0 Å². The number of rotatable bonds is 1. The molecule has 0 amide bonds. The van der Waals surface area contributed by atoms with Crippen LogP contribution in [0.5, 0.6) is 0 Å². The third kappa shape index (κ3) is 2.36. The average Bonchev–Trinajstić information content (AvgIpc) is 2.03. The molecule has 0 saturated heterocycles. The summed E-state index contributed by atoms with van der Waals surface area (Å²) in [5.74, 6) is 0. The monoisotopic (exact) mass is 197 g/mol. The Kier molecular flexibility index (Phi) is 2.97. The Labute approximate surface area is 80.9 Å². The Hall–Kier alpha value is -0.273. The van der Waals surface area contributed by atoms with Gasteiger partial charge in [0.25, 0.3) is 0 Å². The van der Waals surface area contributed by atoms with Crippen molar-refractivity contribution in [1.82, 2.24) is 0 Å². The zero-order valence-corrected chi connectivity index (χ0v) is 9.52. The molecule has 0 aliphatic rings. The van der Waals surface area contributed by atoms with Gasteiger partial charge in [-0.3, -0.25) is 0 Å². The minimum Gasteiger partial charge on any atom is -0.162 e. The minimum absolute atomic E-state index is 0.230. The molecule has 1 rings (SSSR count). The van der Waals surface area contributed by atoms with E-state index in [2.05, 4.69) is 32.9 Å². The predicted octanol–water partition coefficient (Wildman–Crippen LogP) is 2.92. The van der Waals surface area contributed by atoms with Gasteiger partial charge >= 0.3 is 0 Å². The van der Waals surface area contributed by atoms with Gasteiger partial charge < -0.3 is 0 Å². The lowest BCUT2D eigenvalue weighted by Gasteiger charge is -2.22. The molecule has 2 heteroatoms. The predicted molar refractivity (Wildman–Crippen MR) is 57.4 cm³/mol. The lowest BCUT2D eigenvalue weighted by molar-refractivity contribution is 0.754. The maximum Gasteiger partial charge on any atom is 0.205 e. The fourth-order valence-electron chi connectivity index (χ4n) is 1.02. The number of hydrogen-bond donors (Lipinski definition) is 0. The Balaban J connectivity index is 2.86. The van der Waals surface area contributed by atoms with Crippen molar-refractivity contribution in [1.29, 1.82) is 0 Å². The summed E-state index contributed by atoms with van der Waals surface area (Å²) in [7, 11) is -0.911. The van der Waals surface area contributed by atoms with E-state index in [4.69, 9.17) is 11.1 Å². The fourth-order valence-corrected chi connectivity index (χ4v) is 2.75. The quantitative estimate of drug-likeness (QED) is 0.480. The topological polar surface area (TPSA) is 0 Å². The molecule has 12 heavy (non-hydrogen) atoms. The molecule has 0 aliphatic carbocycles. The zero-order chi connectivity index (χ0) is 9.19. The lowest BCUT2D eigenvalue weighted by atomic mass is 10.2. The van der Waals surface area contributed by atoms with E-state index in [1.54, 1.807) is 0 Å². The average molecular weight is 198 g/mol. The lowest BCUT2D eigenvalue weighted by Crippen LogP contribution is -2.33. The molecule has 0 atom stereocenters. The van der Waals surface area contributed by atoms with Crippen LogP contribution in [0.2, 0.25) is 5.04 Å². The second-order valence-corrected chi connectivity index (χ2v) is 7.77. The molecule has 0 fully saturated rings. The molecule has 0 N–H and O–H groups in total. The molecular formula is C10H14ClSi. The summed E-state index contributed by atoms with van der Waals surface area (Å²) in [4.78, 5) is 0. The van der Waals surface area contributed by atoms with E-state index < -0.39 is 8.11 Å². The van der Waals surface area contributed by atoms with Crippen LogP contribution in [0.25, 0.3) is 0 Å². The Morgan fingerprint density at radius 2 is 1.58 bits per heavy atom. The third-order valence-electron chi connectivity index (χ3n) is 1.69. The van der Waals surface area contributed by atoms with Gasteiger partial charge in [-0.2, -0.15) is 11.1 Å². The van der Waals surface area contributed by atoms with Gasteiger partial charge in [0.15, 0.2) is 0 Å². The fraction of sp³-hybridized carbons (Fsp3) is 0.400. The highest BCUT2D eigenvalue weighted by Crippen LogP contribution is 2.28. The number of halogens is 1. The summed E-state index contributed by atoms with van der Waals surface area (Å²) in [6.45, 7) is 6.59. The largest absolute Gasteiger partial charge is 0.205 e. The highest BCUT2D eigenvalue weighted by molar-refractivity contribution is 7.15. The van der Waals surface area contributed by atoms with Crippen LogP contribution in [0.4, 0.5) is 0 Å². The molecule has 1 aromatic rings. The van der Waals surface area contributed by atoms with E-state index in [0.29, 0.717) is 0 Å².